The Balaban J connectivity index is 2.23. The van der Waals surface area contributed by atoms with Crippen molar-refractivity contribution in [3.63, 3.8) is 0 Å². The molecule has 0 spiro atoms. The molecule has 1 saturated carbocycles. The Morgan fingerprint density at radius 1 is 1.38 bits per heavy atom. The smallest absolute Gasteiger partial charge is 0.253 e. The van der Waals surface area contributed by atoms with Crippen LogP contribution in [-0.4, -0.2) is 30.0 Å². The predicted molar refractivity (Wildman–Crippen MR) is 53.5 cm³/mol. The van der Waals surface area contributed by atoms with Crippen LogP contribution in [0.1, 0.15) is 26.2 Å². The third kappa shape index (κ3) is 3.43. The average molecular weight is 209 g/mol. The second-order valence-electron chi connectivity index (χ2n) is 3.66. The summed E-state index contributed by atoms with van der Waals surface area (Å²) in [5.74, 6) is 0. The third-order valence-electron chi connectivity index (χ3n) is 2.59. The Bertz CT molecular complexity index is 155. The van der Waals surface area contributed by atoms with E-state index in [2.05, 4.69) is 11.6 Å². The lowest BCUT2D eigenvalue weighted by molar-refractivity contribution is 0.100. The van der Waals surface area contributed by atoms with Crippen LogP contribution < -0.4 is 5.32 Å². The number of thioether (sulfide) groups is 1. The van der Waals surface area contributed by atoms with Crippen LogP contribution in [0.15, 0.2) is 0 Å². The Hall–Kier alpha value is 0.170. The quantitative estimate of drug-likeness (QED) is 0.763. The fourth-order valence-corrected chi connectivity index (χ4v) is 2.55. The van der Waals surface area contributed by atoms with Gasteiger partial charge in [-0.15, -0.1) is 0 Å². The van der Waals surface area contributed by atoms with Gasteiger partial charge in [-0.05, 0) is 32.4 Å². The zero-order valence-electron chi connectivity index (χ0n) is 8.09. The summed E-state index contributed by atoms with van der Waals surface area (Å²) in [4.78, 5) is 0. The molecule has 0 bridgehead atoms. The minimum absolute atomic E-state index is 0.307. The normalized spacial score (nSPS) is 31.2. The van der Waals surface area contributed by atoms with E-state index >= 15 is 0 Å². The van der Waals surface area contributed by atoms with Crippen LogP contribution in [0.25, 0.3) is 0 Å². The van der Waals surface area contributed by atoms with Crippen molar-refractivity contribution in [3.05, 3.63) is 0 Å². The molecule has 0 amide bonds. The van der Waals surface area contributed by atoms with Gasteiger partial charge in [-0.1, -0.05) is 0 Å². The summed E-state index contributed by atoms with van der Waals surface area (Å²) in [7, 11) is 0. The maximum Gasteiger partial charge on any atom is 0.253 e. The van der Waals surface area contributed by atoms with Gasteiger partial charge in [0.15, 0.2) is 0 Å². The predicted octanol–water partition coefficient (Wildman–Crippen LogP) is 2.51. The second kappa shape index (κ2) is 5.15. The Morgan fingerprint density at radius 2 is 2.08 bits per heavy atom. The van der Waals surface area contributed by atoms with E-state index in [-0.39, 0.29) is 0 Å². The second-order valence-corrected chi connectivity index (χ2v) is 4.80. The summed E-state index contributed by atoms with van der Waals surface area (Å²) < 4.78 is 24.4. The van der Waals surface area contributed by atoms with Gasteiger partial charge >= 0.3 is 0 Å². The molecular weight excluding hydrogens is 192 g/mol. The van der Waals surface area contributed by atoms with Crippen molar-refractivity contribution in [3.8, 4) is 0 Å². The highest BCUT2D eigenvalue weighted by atomic mass is 32.2. The first kappa shape index (κ1) is 11.2. The van der Waals surface area contributed by atoms with Gasteiger partial charge in [-0.2, -0.15) is 11.8 Å². The SMILES string of the molecule is CSC1CCC(NC(C)C(F)F)C1. The van der Waals surface area contributed by atoms with Gasteiger partial charge in [0.05, 0.1) is 6.04 Å². The molecule has 0 aromatic carbocycles. The van der Waals surface area contributed by atoms with Gasteiger partial charge in [-0.25, -0.2) is 8.78 Å². The molecule has 13 heavy (non-hydrogen) atoms. The lowest BCUT2D eigenvalue weighted by Gasteiger charge is -2.18. The highest BCUT2D eigenvalue weighted by molar-refractivity contribution is 7.99. The van der Waals surface area contributed by atoms with Crippen LogP contribution in [0.3, 0.4) is 0 Å². The largest absolute Gasteiger partial charge is 0.306 e. The number of halogens is 2. The summed E-state index contributed by atoms with van der Waals surface area (Å²) in [6.07, 6.45) is 3.09. The molecule has 0 heterocycles. The van der Waals surface area contributed by atoms with Gasteiger partial charge < -0.3 is 5.32 Å². The fraction of sp³-hybridized carbons (Fsp3) is 1.00. The zero-order chi connectivity index (χ0) is 9.84. The maximum atomic E-state index is 12.2. The van der Waals surface area contributed by atoms with Crippen molar-refractivity contribution in [2.24, 2.45) is 0 Å². The molecule has 3 atom stereocenters. The molecule has 0 aromatic heterocycles. The van der Waals surface area contributed by atoms with Crippen molar-refractivity contribution in [1.82, 2.24) is 5.32 Å². The van der Waals surface area contributed by atoms with Gasteiger partial charge in [0.2, 0.25) is 0 Å². The summed E-state index contributed by atoms with van der Waals surface area (Å²) in [5, 5.41) is 3.65. The van der Waals surface area contributed by atoms with Gasteiger partial charge in [-0.3, -0.25) is 0 Å². The molecule has 1 nitrogen and oxygen atoms in total. The van der Waals surface area contributed by atoms with E-state index in [1.807, 2.05) is 11.8 Å². The topological polar surface area (TPSA) is 12.0 Å². The number of nitrogens with one attached hydrogen (secondary N) is 1. The van der Waals surface area contributed by atoms with Crippen LogP contribution in [0.2, 0.25) is 0 Å². The molecule has 0 saturated heterocycles. The van der Waals surface area contributed by atoms with Gasteiger partial charge in [0, 0.05) is 11.3 Å². The van der Waals surface area contributed by atoms with E-state index in [1.165, 1.54) is 0 Å². The molecule has 3 unspecified atom stereocenters. The number of alkyl halides is 2. The molecule has 0 aromatic rings. The average Bonchev–Trinajstić information content (AvgIpc) is 2.52. The van der Waals surface area contributed by atoms with Crippen LogP contribution in [-0.2, 0) is 0 Å². The van der Waals surface area contributed by atoms with Crippen molar-refractivity contribution in [2.45, 2.75) is 49.9 Å². The highest BCUT2D eigenvalue weighted by Gasteiger charge is 2.26. The molecule has 1 N–H and O–H groups in total. The molecule has 1 aliphatic carbocycles. The highest BCUT2D eigenvalue weighted by Crippen LogP contribution is 2.28. The van der Waals surface area contributed by atoms with Crippen LogP contribution in [0.5, 0.6) is 0 Å². The molecule has 4 heteroatoms. The number of rotatable bonds is 4. The summed E-state index contributed by atoms with van der Waals surface area (Å²) in [6.45, 7) is 1.55. The van der Waals surface area contributed by atoms with Gasteiger partial charge in [0.1, 0.15) is 0 Å². The standard InChI is InChI=1S/C9H17F2NS/c1-6(9(10)11)12-7-3-4-8(5-7)13-2/h6-9,12H,3-5H2,1-2H3. The Morgan fingerprint density at radius 3 is 2.54 bits per heavy atom. The zero-order valence-corrected chi connectivity index (χ0v) is 8.91. The van der Waals surface area contributed by atoms with Crippen LogP contribution >= 0.6 is 11.8 Å². The van der Waals surface area contributed by atoms with E-state index in [9.17, 15) is 8.78 Å². The van der Waals surface area contributed by atoms with E-state index in [4.69, 9.17) is 0 Å². The minimum atomic E-state index is -2.24. The molecule has 1 rings (SSSR count). The van der Waals surface area contributed by atoms with E-state index in [0.717, 1.165) is 19.3 Å². The molecule has 1 aliphatic rings. The number of hydrogen-bond donors (Lipinski definition) is 1. The van der Waals surface area contributed by atoms with Gasteiger partial charge in [0.25, 0.3) is 6.43 Å². The summed E-state index contributed by atoms with van der Waals surface area (Å²) in [6, 6.07) is -0.355. The van der Waals surface area contributed by atoms with E-state index < -0.39 is 12.5 Å². The summed E-state index contributed by atoms with van der Waals surface area (Å²) >= 11 is 1.84. The monoisotopic (exact) mass is 209 g/mol. The molecular formula is C9H17F2NS. The first-order valence-corrected chi connectivity index (χ1v) is 5.99. The van der Waals surface area contributed by atoms with Crippen molar-refractivity contribution in [1.29, 1.82) is 0 Å². The first-order chi connectivity index (χ1) is 6.13. The minimum Gasteiger partial charge on any atom is -0.306 e. The molecule has 0 aliphatic heterocycles. The molecule has 0 radical (unpaired) electrons. The van der Waals surface area contributed by atoms with Crippen molar-refractivity contribution >= 4 is 11.8 Å². The van der Waals surface area contributed by atoms with Crippen molar-refractivity contribution in [2.75, 3.05) is 6.26 Å². The number of hydrogen-bond acceptors (Lipinski definition) is 2. The lowest BCUT2D eigenvalue weighted by Crippen LogP contribution is -2.39. The fourth-order valence-electron chi connectivity index (χ4n) is 1.75. The first-order valence-electron chi connectivity index (χ1n) is 4.70. The van der Waals surface area contributed by atoms with Crippen molar-refractivity contribution < 1.29 is 8.78 Å². The Labute approximate surface area is 82.7 Å². The lowest BCUT2D eigenvalue weighted by atomic mass is 10.2. The summed E-state index contributed by atoms with van der Waals surface area (Å²) in [5.41, 5.74) is 0. The Kier molecular flexibility index (Phi) is 4.46. The van der Waals surface area contributed by atoms with E-state index in [0.29, 0.717) is 11.3 Å². The maximum absolute atomic E-state index is 12.2. The third-order valence-corrected chi connectivity index (χ3v) is 3.69. The molecule has 1 fully saturated rings. The molecule has 78 valence electrons. The van der Waals surface area contributed by atoms with Crippen LogP contribution in [0, 0.1) is 0 Å². The van der Waals surface area contributed by atoms with Crippen LogP contribution in [0.4, 0.5) is 8.78 Å². The van der Waals surface area contributed by atoms with E-state index in [1.54, 1.807) is 6.92 Å².